The van der Waals surface area contributed by atoms with Crippen molar-refractivity contribution in [2.75, 3.05) is 29.5 Å². The summed E-state index contributed by atoms with van der Waals surface area (Å²) in [7, 11) is 0. The van der Waals surface area contributed by atoms with Crippen LogP contribution in [-0.2, 0) is 6.54 Å². The molecule has 1 unspecified atom stereocenters. The molecule has 1 aliphatic rings. The van der Waals surface area contributed by atoms with Crippen LogP contribution in [0, 0.1) is 5.92 Å². The normalized spacial score (nSPS) is 20.0. The van der Waals surface area contributed by atoms with E-state index in [1.54, 1.807) is 0 Å². The third-order valence-electron chi connectivity index (χ3n) is 3.19. The summed E-state index contributed by atoms with van der Waals surface area (Å²) in [6, 6.07) is 0.548. The van der Waals surface area contributed by atoms with E-state index < -0.39 is 0 Å². The van der Waals surface area contributed by atoms with Crippen molar-refractivity contribution in [1.82, 2.24) is 15.3 Å². The summed E-state index contributed by atoms with van der Waals surface area (Å²) in [5.74, 6) is 4.05. The lowest BCUT2D eigenvalue weighted by Crippen LogP contribution is -2.41. The first-order chi connectivity index (χ1) is 9.16. The number of anilines is 1. The van der Waals surface area contributed by atoms with Gasteiger partial charge in [-0.1, -0.05) is 13.8 Å². The number of nitrogens with zero attached hydrogens (tertiary/aromatic N) is 3. The second-order valence-electron chi connectivity index (χ2n) is 5.51. The molecule has 2 heterocycles. The quantitative estimate of drug-likeness (QED) is 0.895. The summed E-state index contributed by atoms with van der Waals surface area (Å²) in [5.41, 5.74) is 1.03. The van der Waals surface area contributed by atoms with E-state index in [-0.39, 0.29) is 0 Å². The van der Waals surface area contributed by atoms with Crippen molar-refractivity contribution >= 4 is 17.6 Å². The molecule has 19 heavy (non-hydrogen) atoms. The first-order valence-corrected chi connectivity index (χ1v) is 8.18. The fourth-order valence-corrected chi connectivity index (χ4v) is 3.19. The van der Waals surface area contributed by atoms with Gasteiger partial charge in [0.1, 0.15) is 5.82 Å². The SMILES string of the molecule is CC(C)CNCc1cncc(N2CCSCC2C)n1. The largest absolute Gasteiger partial charge is 0.351 e. The van der Waals surface area contributed by atoms with E-state index >= 15 is 0 Å². The lowest BCUT2D eigenvalue weighted by Gasteiger charge is -2.33. The van der Waals surface area contributed by atoms with E-state index in [0.717, 1.165) is 31.1 Å². The molecule has 4 nitrogen and oxygen atoms in total. The molecule has 5 heteroatoms. The predicted molar refractivity (Wildman–Crippen MR) is 82.7 cm³/mol. The van der Waals surface area contributed by atoms with Gasteiger partial charge in [-0.2, -0.15) is 11.8 Å². The molecule has 1 N–H and O–H groups in total. The van der Waals surface area contributed by atoms with Crippen molar-refractivity contribution in [3.63, 3.8) is 0 Å². The molecule has 1 atom stereocenters. The zero-order valence-corrected chi connectivity index (χ0v) is 12.9. The van der Waals surface area contributed by atoms with Gasteiger partial charge in [0.2, 0.25) is 0 Å². The van der Waals surface area contributed by atoms with Crippen LogP contribution < -0.4 is 10.2 Å². The number of aromatic nitrogens is 2. The number of thioether (sulfide) groups is 1. The maximum absolute atomic E-state index is 4.74. The second kappa shape index (κ2) is 7.10. The Bertz CT molecular complexity index is 397. The van der Waals surface area contributed by atoms with Crippen LogP contribution in [0.2, 0.25) is 0 Å². The molecule has 2 rings (SSSR count). The Morgan fingerprint density at radius 3 is 3.05 bits per heavy atom. The molecule has 1 aromatic heterocycles. The molecule has 1 aliphatic heterocycles. The molecule has 1 aromatic rings. The fraction of sp³-hybridized carbons (Fsp3) is 0.714. The van der Waals surface area contributed by atoms with Crippen LogP contribution in [-0.4, -0.2) is 40.6 Å². The van der Waals surface area contributed by atoms with Gasteiger partial charge in [0, 0.05) is 36.8 Å². The van der Waals surface area contributed by atoms with Crippen molar-refractivity contribution in [1.29, 1.82) is 0 Å². The number of hydrogen-bond acceptors (Lipinski definition) is 5. The zero-order valence-electron chi connectivity index (χ0n) is 12.1. The third-order valence-corrected chi connectivity index (χ3v) is 4.38. The van der Waals surface area contributed by atoms with Crippen molar-refractivity contribution in [2.45, 2.75) is 33.4 Å². The van der Waals surface area contributed by atoms with Crippen LogP contribution in [0.4, 0.5) is 5.82 Å². The third kappa shape index (κ3) is 4.35. The molecule has 0 spiro atoms. The highest BCUT2D eigenvalue weighted by molar-refractivity contribution is 7.99. The van der Waals surface area contributed by atoms with Crippen LogP contribution in [0.5, 0.6) is 0 Å². The molecule has 0 radical (unpaired) electrons. The van der Waals surface area contributed by atoms with Gasteiger partial charge in [0.15, 0.2) is 0 Å². The van der Waals surface area contributed by atoms with E-state index in [2.05, 4.69) is 36.0 Å². The van der Waals surface area contributed by atoms with Crippen molar-refractivity contribution in [3.05, 3.63) is 18.1 Å². The molecule has 106 valence electrons. The molecule has 0 aromatic carbocycles. The van der Waals surface area contributed by atoms with Gasteiger partial charge in [-0.3, -0.25) is 4.98 Å². The summed E-state index contributed by atoms with van der Waals surface area (Å²) in [5, 5.41) is 3.42. The van der Waals surface area contributed by atoms with Gasteiger partial charge in [-0.05, 0) is 19.4 Å². The highest BCUT2D eigenvalue weighted by Crippen LogP contribution is 2.21. The molecular formula is C14H24N4S. The van der Waals surface area contributed by atoms with E-state index in [9.17, 15) is 0 Å². The number of rotatable bonds is 5. The molecule has 1 saturated heterocycles. The summed E-state index contributed by atoms with van der Waals surface area (Å²) in [6.07, 6.45) is 3.75. The number of hydrogen-bond donors (Lipinski definition) is 1. The molecule has 0 saturated carbocycles. The Labute approximate surface area is 120 Å². The first-order valence-electron chi connectivity index (χ1n) is 7.03. The van der Waals surface area contributed by atoms with Gasteiger partial charge >= 0.3 is 0 Å². The van der Waals surface area contributed by atoms with Gasteiger partial charge in [-0.15, -0.1) is 0 Å². The minimum absolute atomic E-state index is 0.548. The van der Waals surface area contributed by atoms with E-state index in [1.807, 2.05) is 24.2 Å². The Hall–Kier alpha value is -0.810. The summed E-state index contributed by atoms with van der Waals surface area (Å²) < 4.78 is 0. The zero-order chi connectivity index (χ0) is 13.7. The first kappa shape index (κ1) is 14.6. The Morgan fingerprint density at radius 2 is 2.32 bits per heavy atom. The Kier molecular flexibility index (Phi) is 5.45. The fourth-order valence-electron chi connectivity index (χ4n) is 2.17. The lowest BCUT2D eigenvalue weighted by molar-refractivity contribution is 0.547. The summed E-state index contributed by atoms with van der Waals surface area (Å²) in [6.45, 7) is 9.57. The minimum atomic E-state index is 0.548. The second-order valence-corrected chi connectivity index (χ2v) is 6.66. The molecule has 0 bridgehead atoms. The Balaban J connectivity index is 1.98. The van der Waals surface area contributed by atoms with Crippen molar-refractivity contribution in [2.24, 2.45) is 5.92 Å². The van der Waals surface area contributed by atoms with E-state index in [4.69, 9.17) is 4.98 Å². The van der Waals surface area contributed by atoms with Crippen molar-refractivity contribution in [3.8, 4) is 0 Å². The minimum Gasteiger partial charge on any atom is -0.351 e. The molecule has 1 fully saturated rings. The average Bonchev–Trinajstić information content (AvgIpc) is 2.39. The molecule has 0 amide bonds. The highest BCUT2D eigenvalue weighted by Gasteiger charge is 2.20. The Morgan fingerprint density at radius 1 is 1.47 bits per heavy atom. The number of nitrogens with one attached hydrogen (secondary N) is 1. The average molecular weight is 280 g/mol. The van der Waals surface area contributed by atoms with Crippen LogP contribution in [0.25, 0.3) is 0 Å². The van der Waals surface area contributed by atoms with Gasteiger partial charge < -0.3 is 10.2 Å². The molecular weight excluding hydrogens is 256 g/mol. The van der Waals surface area contributed by atoms with Crippen molar-refractivity contribution < 1.29 is 0 Å². The van der Waals surface area contributed by atoms with Crippen LogP contribution in [0.3, 0.4) is 0 Å². The van der Waals surface area contributed by atoms with Gasteiger partial charge in [0.25, 0.3) is 0 Å². The summed E-state index contributed by atoms with van der Waals surface area (Å²) in [4.78, 5) is 11.4. The summed E-state index contributed by atoms with van der Waals surface area (Å²) >= 11 is 2.02. The maximum Gasteiger partial charge on any atom is 0.147 e. The van der Waals surface area contributed by atoms with E-state index in [1.165, 1.54) is 11.5 Å². The maximum atomic E-state index is 4.74. The van der Waals surface area contributed by atoms with Crippen LogP contribution in [0.1, 0.15) is 26.5 Å². The van der Waals surface area contributed by atoms with Gasteiger partial charge in [0.05, 0.1) is 11.9 Å². The standard InChI is InChI=1S/C14H24N4S/c1-11(2)6-15-7-13-8-16-9-14(17-13)18-4-5-19-10-12(18)3/h8-9,11-12,15H,4-7,10H2,1-3H3. The van der Waals surface area contributed by atoms with Gasteiger partial charge in [-0.25, -0.2) is 4.98 Å². The topological polar surface area (TPSA) is 41.1 Å². The highest BCUT2D eigenvalue weighted by atomic mass is 32.2. The monoisotopic (exact) mass is 280 g/mol. The van der Waals surface area contributed by atoms with E-state index in [0.29, 0.717) is 12.0 Å². The smallest absolute Gasteiger partial charge is 0.147 e. The lowest BCUT2D eigenvalue weighted by atomic mass is 10.2. The van der Waals surface area contributed by atoms with Crippen LogP contribution >= 0.6 is 11.8 Å². The van der Waals surface area contributed by atoms with Crippen LogP contribution in [0.15, 0.2) is 12.4 Å². The predicted octanol–water partition coefficient (Wildman–Crippen LogP) is 2.16. The molecule has 0 aliphatic carbocycles.